The maximum Gasteiger partial charge on any atom is 0.231 e. The minimum absolute atomic E-state index is 0.148. The van der Waals surface area contributed by atoms with Crippen molar-refractivity contribution in [3.63, 3.8) is 0 Å². The van der Waals surface area contributed by atoms with Gasteiger partial charge in [0.25, 0.3) is 0 Å². The van der Waals surface area contributed by atoms with E-state index in [9.17, 15) is 4.39 Å². The number of rotatable bonds is 2. The Morgan fingerprint density at radius 3 is 2.45 bits per heavy atom. The second-order valence-electron chi connectivity index (χ2n) is 5.30. The topological polar surface area (TPSA) is 62.3 Å². The molecule has 3 rings (SSSR count). The summed E-state index contributed by atoms with van der Waals surface area (Å²) < 4.78 is 26.7. The molecular formula is C14H16FN3O2. The molecule has 1 aromatic carbocycles. The molecule has 1 aromatic heterocycles. The van der Waals surface area contributed by atoms with Crippen LogP contribution in [-0.4, -0.2) is 16.6 Å². The van der Waals surface area contributed by atoms with E-state index in [-0.39, 0.29) is 6.79 Å². The average Bonchev–Trinajstić information content (AvgIpc) is 2.93. The smallest absolute Gasteiger partial charge is 0.231 e. The molecule has 0 unspecified atom stereocenters. The van der Waals surface area contributed by atoms with Crippen LogP contribution in [0, 0.1) is 0 Å². The molecule has 0 aliphatic carbocycles. The molecule has 0 bridgehead atoms. The number of halogens is 1. The largest absolute Gasteiger partial charge is 0.454 e. The fourth-order valence-electron chi connectivity index (χ4n) is 2.26. The first-order chi connectivity index (χ1) is 9.36. The van der Waals surface area contributed by atoms with Gasteiger partial charge in [-0.1, -0.05) is 0 Å². The molecule has 0 saturated carbocycles. The van der Waals surface area contributed by atoms with Gasteiger partial charge < -0.3 is 15.2 Å². The summed E-state index contributed by atoms with van der Waals surface area (Å²) in [6.45, 7) is 3.15. The van der Waals surface area contributed by atoms with Gasteiger partial charge in [0.1, 0.15) is 11.5 Å². The summed E-state index contributed by atoms with van der Waals surface area (Å²) >= 11 is 0. The number of benzene rings is 1. The van der Waals surface area contributed by atoms with Crippen molar-refractivity contribution in [3.05, 3.63) is 23.8 Å². The summed E-state index contributed by atoms with van der Waals surface area (Å²) in [5.41, 5.74) is 6.05. The molecule has 1 aliphatic rings. The number of ether oxygens (including phenoxy) is 2. The van der Waals surface area contributed by atoms with E-state index in [0.29, 0.717) is 34.1 Å². The van der Waals surface area contributed by atoms with Crippen LogP contribution in [0.25, 0.3) is 11.3 Å². The maximum atomic E-state index is 14.5. The SMILES string of the molecule is Cn1nc(-c2cc3c(cc2C(C)(C)F)OCO3)cc1N. The molecule has 20 heavy (non-hydrogen) atoms. The number of hydrogen-bond acceptors (Lipinski definition) is 4. The third-order valence-electron chi connectivity index (χ3n) is 3.35. The number of aromatic nitrogens is 2. The molecule has 6 heteroatoms. The molecule has 2 heterocycles. The zero-order valence-corrected chi connectivity index (χ0v) is 11.6. The summed E-state index contributed by atoms with van der Waals surface area (Å²) in [4.78, 5) is 0. The van der Waals surface area contributed by atoms with E-state index < -0.39 is 5.67 Å². The Balaban J connectivity index is 2.23. The monoisotopic (exact) mass is 277 g/mol. The average molecular weight is 277 g/mol. The summed E-state index contributed by atoms with van der Waals surface area (Å²) in [7, 11) is 1.74. The number of alkyl halides is 1. The van der Waals surface area contributed by atoms with Gasteiger partial charge in [-0.25, -0.2) is 4.39 Å². The summed E-state index contributed by atoms with van der Waals surface area (Å²) in [6.07, 6.45) is 0. The molecule has 1 aliphatic heterocycles. The van der Waals surface area contributed by atoms with E-state index in [0.717, 1.165) is 0 Å². The van der Waals surface area contributed by atoms with Crippen LogP contribution in [0.5, 0.6) is 11.5 Å². The molecule has 5 nitrogen and oxygen atoms in total. The lowest BCUT2D eigenvalue weighted by atomic mass is 9.92. The zero-order chi connectivity index (χ0) is 14.5. The predicted molar refractivity (Wildman–Crippen MR) is 73.3 cm³/mol. The molecule has 0 saturated heterocycles. The van der Waals surface area contributed by atoms with Crippen molar-refractivity contribution >= 4 is 5.82 Å². The minimum atomic E-state index is -1.53. The Hall–Kier alpha value is -2.24. The van der Waals surface area contributed by atoms with Gasteiger partial charge in [0.05, 0.1) is 5.69 Å². The van der Waals surface area contributed by atoms with Crippen molar-refractivity contribution in [3.8, 4) is 22.8 Å². The molecule has 0 atom stereocenters. The molecule has 0 radical (unpaired) electrons. The van der Waals surface area contributed by atoms with Crippen LogP contribution in [0.3, 0.4) is 0 Å². The quantitative estimate of drug-likeness (QED) is 0.916. The molecule has 2 N–H and O–H groups in total. The summed E-state index contributed by atoms with van der Waals surface area (Å²) in [6, 6.07) is 5.14. The van der Waals surface area contributed by atoms with Gasteiger partial charge >= 0.3 is 0 Å². The Labute approximate surface area is 116 Å². The summed E-state index contributed by atoms with van der Waals surface area (Å²) in [5.74, 6) is 1.66. The second kappa shape index (κ2) is 4.13. The maximum absolute atomic E-state index is 14.5. The standard InChI is InChI=1S/C14H16FN3O2/c1-14(2,15)9-5-12-11(19-7-20-12)4-8(9)10-6-13(16)18(3)17-10/h4-6H,7,16H2,1-3H3. The number of anilines is 1. The highest BCUT2D eigenvalue weighted by Crippen LogP contribution is 2.43. The van der Waals surface area contributed by atoms with Gasteiger partial charge in [0.2, 0.25) is 6.79 Å². The van der Waals surface area contributed by atoms with Gasteiger partial charge in [0.15, 0.2) is 11.5 Å². The Bertz CT molecular complexity index is 654. The normalized spacial score (nSPS) is 13.8. The molecule has 0 amide bonds. The van der Waals surface area contributed by atoms with Gasteiger partial charge in [-0.15, -0.1) is 0 Å². The number of nitrogens with zero attached hydrogens (tertiary/aromatic N) is 2. The van der Waals surface area contributed by atoms with Crippen LogP contribution in [0.4, 0.5) is 10.2 Å². The Morgan fingerprint density at radius 2 is 1.90 bits per heavy atom. The van der Waals surface area contributed by atoms with E-state index in [2.05, 4.69) is 5.10 Å². The second-order valence-corrected chi connectivity index (χ2v) is 5.30. The van der Waals surface area contributed by atoms with Crippen molar-refractivity contribution in [1.29, 1.82) is 0 Å². The van der Waals surface area contributed by atoms with Crippen LogP contribution in [0.15, 0.2) is 18.2 Å². The zero-order valence-electron chi connectivity index (χ0n) is 11.6. The van der Waals surface area contributed by atoms with Gasteiger partial charge in [-0.2, -0.15) is 5.10 Å². The van der Waals surface area contributed by atoms with E-state index in [4.69, 9.17) is 15.2 Å². The lowest BCUT2D eigenvalue weighted by molar-refractivity contribution is 0.173. The molecule has 2 aromatic rings. The van der Waals surface area contributed by atoms with Crippen molar-refractivity contribution in [2.75, 3.05) is 12.5 Å². The van der Waals surface area contributed by atoms with E-state index >= 15 is 0 Å². The number of nitrogens with two attached hydrogens (primary N) is 1. The van der Waals surface area contributed by atoms with Gasteiger partial charge in [-0.3, -0.25) is 4.68 Å². The first-order valence-corrected chi connectivity index (χ1v) is 6.29. The third kappa shape index (κ3) is 1.97. The van der Waals surface area contributed by atoms with Crippen LogP contribution in [0.2, 0.25) is 0 Å². The van der Waals surface area contributed by atoms with Crippen LogP contribution >= 0.6 is 0 Å². The highest BCUT2D eigenvalue weighted by Gasteiger charge is 2.28. The Morgan fingerprint density at radius 1 is 1.25 bits per heavy atom. The van der Waals surface area contributed by atoms with Crippen molar-refractivity contribution in [2.24, 2.45) is 7.05 Å². The van der Waals surface area contributed by atoms with Crippen LogP contribution < -0.4 is 15.2 Å². The van der Waals surface area contributed by atoms with Gasteiger partial charge in [-0.05, 0) is 26.0 Å². The van der Waals surface area contributed by atoms with E-state index in [1.54, 1.807) is 29.9 Å². The van der Waals surface area contributed by atoms with E-state index in [1.807, 2.05) is 0 Å². The number of hydrogen-bond donors (Lipinski definition) is 1. The lowest BCUT2D eigenvalue weighted by Crippen LogP contribution is -2.11. The predicted octanol–water partition coefficient (Wildman–Crippen LogP) is 2.60. The third-order valence-corrected chi connectivity index (χ3v) is 3.35. The molecule has 106 valence electrons. The highest BCUT2D eigenvalue weighted by atomic mass is 19.1. The van der Waals surface area contributed by atoms with Crippen molar-refractivity contribution < 1.29 is 13.9 Å². The number of aryl methyl sites for hydroxylation is 1. The lowest BCUT2D eigenvalue weighted by Gasteiger charge is -2.19. The van der Waals surface area contributed by atoms with Crippen molar-refractivity contribution in [1.82, 2.24) is 9.78 Å². The van der Waals surface area contributed by atoms with Crippen LogP contribution in [0.1, 0.15) is 19.4 Å². The number of nitrogen functional groups attached to an aromatic ring is 1. The fraction of sp³-hybridized carbons (Fsp3) is 0.357. The molecular weight excluding hydrogens is 261 g/mol. The highest BCUT2D eigenvalue weighted by molar-refractivity contribution is 5.71. The summed E-state index contributed by atoms with van der Waals surface area (Å²) in [5, 5.41) is 4.31. The Kier molecular flexibility index (Phi) is 2.64. The first kappa shape index (κ1) is 12.8. The van der Waals surface area contributed by atoms with Crippen LogP contribution in [-0.2, 0) is 12.7 Å². The van der Waals surface area contributed by atoms with Gasteiger partial charge in [0, 0.05) is 24.2 Å². The fourth-order valence-corrected chi connectivity index (χ4v) is 2.26. The molecule has 0 spiro atoms. The number of fused-ring (bicyclic) bond motifs is 1. The first-order valence-electron chi connectivity index (χ1n) is 6.29. The minimum Gasteiger partial charge on any atom is -0.454 e. The van der Waals surface area contributed by atoms with E-state index in [1.165, 1.54) is 13.8 Å². The van der Waals surface area contributed by atoms with Crippen molar-refractivity contribution in [2.45, 2.75) is 19.5 Å². The molecule has 0 fully saturated rings.